The number of para-hydroxylation sites is 1. The minimum atomic E-state index is 0.114. The molecule has 5 unspecified atom stereocenters. The first kappa shape index (κ1) is 29.7. The topological polar surface area (TPSA) is 16.4 Å². The van der Waals surface area contributed by atoms with E-state index in [0.717, 1.165) is 57.0 Å². The smallest absolute Gasteiger partial charge is 0.135 e. The summed E-state index contributed by atoms with van der Waals surface area (Å²) in [7, 11) is 0. The minimum absolute atomic E-state index is 0.114. The zero-order valence-electron chi connectivity index (χ0n) is 29.6. The second-order valence-corrected chi connectivity index (χ2v) is 16.1. The fraction of sp³-hybridized carbons (Fsp3) is 0.176. The van der Waals surface area contributed by atoms with Gasteiger partial charge in [-0.15, -0.1) is 0 Å². The third kappa shape index (κ3) is 4.15. The molecule has 2 heteroatoms. The Labute approximate surface area is 310 Å². The molecule has 0 radical (unpaired) electrons. The van der Waals surface area contributed by atoms with E-state index in [9.17, 15) is 0 Å². The fourth-order valence-electron chi connectivity index (χ4n) is 11.8. The Balaban J connectivity index is 1.09. The number of nitrogens with zero attached hydrogens (tertiary/aromatic N) is 1. The molecule has 7 aromatic carbocycles. The molecule has 13 rings (SSSR count). The fourth-order valence-corrected chi connectivity index (χ4v) is 11.8. The third-order valence-electron chi connectivity index (χ3n) is 13.6. The van der Waals surface area contributed by atoms with Crippen LogP contribution in [0.1, 0.15) is 36.8 Å². The zero-order chi connectivity index (χ0) is 34.7. The summed E-state index contributed by atoms with van der Waals surface area (Å²) in [6, 6.07) is 60.7. The van der Waals surface area contributed by atoms with Gasteiger partial charge in [0.1, 0.15) is 11.2 Å². The van der Waals surface area contributed by atoms with Crippen molar-refractivity contribution in [1.82, 2.24) is 0 Å². The number of rotatable bonds is 5. The summed E-state index contributed by atoms with van der Waals surface area (Å²) in [6.07, 6.45) is 5.58. The molecule has 1 heterocycles. The second-order valence-electron chi connectivity index (χ2n) is 16.1. The van der Waals surface area contributed by atoms with Crippen LogP contribution in [-0.2, 0) is 5.41 Å². The average Bonchev–Trinajstić information content (AvgIpc) is 3.90. The number of fused-ring (bicyclic) bond motifs is 6. The van der Waals surface area contributed by atoms with Crippen molar-refractivity contribution in [3.8, 4) is 33.4 Å². The molecule has 5 aliphatic rings. The predicted octanol–water partition coefficient (Wildman–Crippen LogP) is 13.7. The molecule has 4 fully saturated rings. The van der Waals surface area contributed by atoms with E-state index in [1.54, 1.807) is 11.1 Å². The Hall–Kier alpha value is -5.86. The molecular formula is C51H39NO. The maximum atomic E-state index is 6.30. The van der Waals surface area contributed by atoms with E-state index in [1.807, 2.05) is 6.07 Å². The SMILES string of the molecule is c1ccc(-c2ccc(N(c3ccc4c(c3)-c3c(-c5ccccc5)cccc3C43C4CC5CC(C4)C3C5)c3ccc4oc5ccccc5c4c3)cc2)cc1. The van der Waals surface area contributed by atoms with E-state index in [0.29, 0.717) is 0 Å². The van der Waals surface area contributed by atoms with Gasteiger partial charge in [-0.25, -0.2) is 0 Å². The van der Waals surface area contributed by atoms with E-state index in [4.69, 9.17) is 4.42 Å². The Kier molecular flexibility index (Phi) is 6.20. The molecule has 4 bridgehead atoms. The lowest BCUT2D eigenvalue weighted by atomic mass is 9.59. The Morgan fingerprint density at radius 1 is 0.472 bits per heavy atom. The number of hydrogen-bond acceptors (Lipinski definition) is 2. The molecule has 4 saturated carbocycles. The minimum Gasteiger partial charge on any atom is -0.456 e. The first-order chi connectivity index (χ1) is 26.2. The predicted molar refractivity (Wildman–Crippen MR) is 218 cm³/mol. The van der Waals surface area contributed by atoms with Crippen molar-refractivity contribution in [3.63, 3.8) is 0 Å². The van der Waals surface area contributed by atoms with E-state index in [1.165, 1.54) is 64.8 Å². The molecular weight excluding hydrogens is 643 g/mol. The van der Waals surface area contributed by atoms with Gasteiger partial charge in [-0.05, 0) is 142 Å². The molecule has 53 heavy (non-hydrogen) atoms. The number of benzene rings is 7. The van der Waals surface area contributed by atoms with Crippen LogP contribution in [0.4, 0.5) is 17.1 Å². The van der Waals surface area contributed by atoms with Gasteiger partial charge in [0.25, 0.3) is 0 Å². The van der Waals surface area contributed by atoms with Crippen molar-refractivity contribution in [1.29, 1.82) is 0 Å². The molecule has 0 N–H and O–H groups in total. The van der Waals surface area contributed by atoms with Gasteiger partial charge in [-0.3, -0.25) is 0 Å². The van der Waals surface area contributed by atoms with Crippen LogP contribution < -0.4 is 4.90 Å². The summed E-state index contributed by atoms with van der Waals surface area (Å²) in [5.41, 5.74) is 16.6. The largest absolute Gasteiger partial charge is 0.456 e. The van der Waals surface area contributed by atoms with Crippen molar-refractivity contribution < 1.29 is 4.42 Å². The molecule has 8 aromatic rings. The summed E-state index contributed by atoms with van der Waals surface area (Å²) >= 11 is 0. The first-order valence-electron chi connectivity index (χ1n) is 19.4. The van der Waals surface area contributed by atoms with Crippen molar-refractivity contribution in [2.24, 2.45) is 23.7 Å². The molecule has 0 amide bonds. The second kappa shape index (κ2) is 11.1. The van der Waals surface area contributed by atoms with Crippen LogP contribution in [0.3, 0.4) is 0 Å². The lowest BCUT2D eigenvalue weighted by Gasteiger charge is -2.44. The van der Waals surface area contributed by atoms with E-state index >= 15 is 0 Å². The summed E-state index contributed by atoms with van der Waals surface area (Å²) in [5.74, 6) is 3.23. The third-order valence-corrected chi connectivity index (χ3v) is 13.6. The molecule has 254 valence electrons. The molecule has 0 saturated heterocycles. The van der Waals surface area contributed by atoms with Crippen LogP contribution in [0.5, 0.6) is 0 Å². The van der Waals surface area contributed by atoms with Crippen LogP contribution >= 0.6 is 0 Å². The van der Waals surface area contributed by atoms with Crippen LogP contribution in [0.25, 0.3) is 55.3 Å². The van der Waals surface area contributed by atoms with Crippen LogP contribution in [0, 0.1) is 23.7 Å². The quantitative estimate of drug-likeness (QED) is 0.180. The highest BCUT2D eigenvalue weighted by atomic mass is 16.3. The van der Waals surface area contributed by atoms with Gasteiger partial charge in [-0.2, -0.15) is 0 Å². The lowest BCUT2D eigenvalue weighted by Crippen LogP contribution is -2.40. The molecule has 1 spiro atoms. The highest BCUT2D eigenvalue weighted by molar-refractivity contribution is 6.06. The standard InChI is InChI=1S/C51H39NO/c1-3-10-33(11-4-1)34-18-20-38(21-19-34)52(40-23-25-49-43(30-40)42-14-7-8-17-48(42)53-49)39-22-24-45-44(31-39)50-41(35-12-5-2-6-13-35)15-9-16-46(50)51(45)37-27-32-26-36(29-37)47(51)28-32/h1-25,30-32,36-37,47H,26-29H2. The van der Waals surface area contributed by atoms with Gasteiger partial charge in [0, 0.05) is 33.2 Å². The normalized spacial score (nSPS) is 23.2. The zero-order valence-corrected chi connectivity index (χ0v) is 29.6. The number of furan rings is 1. The Morgan fingerprint density at radius 2 is 1.17 bits per heavy atom. The highest BCUT2D eigenvalue weighted by Gasteiger charge is 2.66. The summed E-state index contributed by atoms with van der Waals surface area (Å²) in [6.45, 7) is 0. The van der Waals surface area contributed by atoms with Crippen LogP contribution in [0.2, 0.25) is 0 Å². The van der Waals surface area contributed by atoms with Crippen LogP contribution in [0.15, 0.2) is 168 Å². The van der Waals surface area contributed by atoms with Gasteiger partial charge in [-0.1, -0.05) is 115 Å². The molecule has 5 aliphatic carbocycles. The Morgan fingerprint density at radius 3 is 2.00 bits per heavy atom. The van der Waals surface area contributed by atoms with Crippen molar-refractivity contribution in [2.45, 2.75) is 31.1 Å². The van der Waals surface area contributed by atoms with E-state index < -0.39 is 0 Å². The molecule has 5 atom stereocenters. The van der Waals surface area contributed by atoms with Crippen LogP contribution in [-0.4, -0.2) is 0 Å². The summed E-state index contributed by atoms with van der Waals surface area (Å²) in [4.78, 5) is 2.46. The summed E-state index contributed by atoms with van der Waals surface area (Å²) in [5, 5.41) is 2.28. The Bertz CT molecular complexity index is 2700. The lowest BCUT2D eigenvalue weighted by molar-refractivity contribution is 0.191. The van der Waals surface area contributed by atoms with Gasteiger partial charge in [0.15, 0.2) is 0 Å². The molecule has 2 nitrogen and oxygen atoms in total. The van der Waals surface area contributed by atoms with Gasteiger partial charge in [0.2, 0.25) is 0 Å². The van der Waals surface area contributed by atoms with Crippen molar-refractivity contribution in [2.75, 3.05) is 4.90 Å². The molecule has 0 aliphatic heterocycles. The van der Waals surface area contributed by atoms with E-state index in [2.05, 4.69) is 163 Å². The van der Waals surface area contributed by atoms with Crippen molar-refractivity contribution >= 4 is 39.0 Å². The van der Waals surface area contributed by atoms with Gasteiger partial charge < -0.3 is 9.32 Å². The van der Waals surface area contributed by atoms with Gasteiger partial charge in [0.05, 0.1) is 0 Å². The van der Waals surface area contributed by atoms with Crippen molar-refractivity contribution in [3.05, 3.63) is 175 Å². The number of anilines is 3. The monoisotopic (exact) mass is 681 g/mol. The number of hydrogen-bond donors (Lipinski definition) is 0. The van der Waals surface area contributed by atoms with E-state index in [-0.39, 0.29) is 5.41 Å². The van der Waals surface area contributed by atoms with Gasteiger partial charge >= 0.3 is 0 Å². The summed E-state index contributed by atoms with van der Waals surface area (Å²) < 4.78 is 6.30. The first-order valence-corrected chi connectivity index (χ1v) is 19.4. The average molecular weight is 682 g/mol. The molecule has 1 aromatic heterocycles. The highest BCUT2D eigenvalue weighted by Crippen LogP contribution is 2.73. The maximum absolute atomic E-state index is 6.30. The maximum Gasteiger partial charge on any atom is 0.135 e.